The number of anilines is 1. The van der Waals surface area contributed by atoms with E-state index >= 15 is 0 Å². The lowest BCUT2D eigenvalue weighted by atomic mass is 10.1. The van der Waals surface area contributed by atoms with Crippen molar-refractivity contribution in [1.29, 1.82) is 0 Å². The Balaban J connectivity index is 2.20. The first-order valence-corrected chi connectivity index (χ1v) is 11.3. The minimum Gasteiger partial charge on any atom is -0.493 e. The van der Waals surface area contributed by atoms with E-state index < -0.39 is 55.8 Å². The van der Waals surface area contributed by atoms with E-state index in [9.17, 15) is 31.5 Å². The molecule has 0 aliphatic rings. The second kappa shape index (κ2) is 9.74. The third-order valence-electron chi connectivity index (χ3n) is 4.40. The van der Waals surface area contributed by atoms with Crippen LogP contribution in [0.3, 0.4) is 0 Å². The zero-order valence-electron chi connectivity index (χ0n) is 17.0. The lowest BCUT2D eigenvalue weighted by Crippen LogP contribution is -2.34. The largest absolute Gasteiger partial charge is 0.493 e. The van der Waals surface area contributed by atoms with Gasteiger partial charge in [0.05, 0.1) is 26.2 Å². The van der Waals surface area contributed by atoms with E-state index in [4.69, 9.17) is 27.9 Å². The highest BCUT2D eigenvalue weighted by Crippen LogP contribution is 2.37. The number of alkyl halides is 3. The fourth-order valence-corrected chi connectivity index (χ4v) is 4.67. The molecule has 0 aliphatic carbocycles. The molecule has 0 atom stereocenters. The van der Waals surface area contributed by atoms with Crippen molar-refractivity contribution in [3.05, 3.63) is 75.7 Å². The first kappa shape index (κ1) is 25.7. The van der Waals surface area contributed by atoms with E-state index in [1.165, 1.54) is 6.07 Å². The normalized spacial score (nSPS) is 11.9. The molecule has 0 saturated heterocycles. The smallest absolute Gasteiger partial charge is 0.417 e. The maximum atomic E-state index is 13.4. The van der Waals surface area contributed by atoms with Gasteiger partial charge in [-0.3, -0.25) is 4.79 Å². The van der Waals surface area contributed by atoms with E-state index in [0.717, 1.165) is 43.8 Å². The molecule has 8 nitrogen and oxygen atoms in total. The molecule has 3 rings (SSSR count). The number of ketones is 1. The molecule has 0 bridgehead atoms. The first-order valence-electron chi connectivity index (χ1n) is 9.10. The fourth-order valence-electron chi connectivity index (χ4n) is 2.88. The Hall–Kier alpha value is -2.93. The van der Waals surface area contributed by atoms with Crippen LogP contribution in [-0.4, -0.2) is 43.1 Å². The van der Waals surface area contributed by atoms with Crippen molar-refractivity contribution < 1.29 is 36.2 Å². The number of hydrogen-bond donors (Lipinski definition) is 1. The Labute approximate surface area is 201 Å². The van der Waals surface area contributed by atoms with Gasteiger partial charge in [0, 0.05) is 31.1 Å². The van der Waals surface area contributed by atoms with Crippen LogP contribution in [0.2, 0.25) is 10.0 Å². The van der Waals surface area contributed by atoms with E-state index in [1.54, 1.807) is 0 Å². The average Bonchev–Trinajstić information content (AvgIpc) is 2.76. The summed E-state index contributed by atoms with van der Waals surface area (Å²) in [7, 11) is -3.60. The Morgan fingerprint density at radius 3 is 2.47 bits per heavy atom. The van der Waals surface area contributed by atoms with Crippen LogP contribution in [0.15, 0.2) is 53.7 Å². The van der Waals surface area contributed by atoms with E-state index in [0.29, 0.717) is 10.4 Å². The van der Waals surface area contributed by atoms with Crippen molar-refractivity contribution in [3.63, 3.8) is 0 Å². The number of carbonyl (C=O) groups is 1. The molecule has 1 N–H and O–H groups in total. The first-order chi connectivity index (χ1) is 15.9. The lowest BCUT2D eigenvalue weighted by Gasteiger charge is -2.25. The van der Waals surface area contributed by atoms with Crippen molar-refractivity contribution >= 4 is 44.7 Å². The van der Waals surface area contributed by atoms with Crippen LogP contribution in [0.25, 0.3) is 0 Å². The molecule has 34 heavy (non-hydrogen) atoms. The van der Waals surface area contributed by atoms with Crippen LogP contribution in [0.5, 0.6) is 5.88 Å². The average molecular weight is 536 g/mol. The van der Waals surface area contributed by atoms with Crippen molar-refractivity contribution in [2.75, 3.05) is 18.1 Å². The van der Waals surface area contributed by atoms with E-state index in [1.807, 2.05) is 0 Å². The summed E-state index contributed by atoms with van der Waals surface area (Å²) < 4.78 is 72.2. The second-order valence-electron chi connectivity index (χ2n) is 6.66. The summed E-state index contributed by atoms with van der Waals surface area (Å²) in [5, 5.41) is 8.82. The molecule has 0 spiro atoms. The topological polar surface area (TPSA) is 110 Å². The Bertz CT molecular complexity index is 1350. The van der Waals surface area contributed by atoms with Gasteiger partial charge in [-0.05, 0) is 30.3 Å². The van der Waals surface area contributed by atoms with E-state index in [2.05, 4.69) is 9.97 Å². The van der Waals surface area contributed by atoms with Crippen LogP contribution in [0.1, 0.15) is 21.6 Å². The molecule has 0 radical (unpaired) electrons. The quantitative estimate of drug-likeness (QED) is 0.349. The standard InChI is InChI=1S/C20H14Cl2F3N3O5S/c1-33-10-28(34(31,32)13-2-3-15(22)14(8-13)20(23,24)25)16-7-12(21)9-27-18(16)19(30)11-4-5-26-17(29)6-11/h2-9H,10H2,1H3,(H,26,29). The minimum absolute atomic E-state index is 0.0625. The van der Waals surface area contributed by atoms with Crippen molar-refractivity contribution in [1.82, 2.24) is 9.97 Å². The predicted molar refractivity (Wildman–Crippen MR) is 117 cm³/mol. The molecule has 1 aromatic carbocycles. The van der Waals surface area contributed by atoms with Gasteiger partial charge in [-0.1, -0.05) is 23.2 Å². The molecule has 3 aromatic rings. The Morgan fingerprint density at radius 1 is 1.15 bits per heavy atom. The highest BCUT2D eigenvalue weighted by molar-refractivity contribution is 7.92. The predicted octanol–water partition coefficient (Wildman–Crippen LogP) is 4.54. The van der Waals surface area contributed by atoms with Gasteiger partial charge in [-0.2, -0.15) is 13.2 Å². The maximum absolute atomic E-state index is 13.4. The third-order valence-corrected chi connectivity index (χ3v) is 6.67. The van der Waals surface area contributed by atoms with Gasteiger partial charge in [-0.15, -0.1) is 0 Å². The molecule has 2 heterocycles. The molecule has 0 unspecified atom stereocenters. The van der Waals surface area contributed by atoms with Gasteiger partial charge in [0.1, 0.15) is 12.4 Å². The van der Waals surface area contributed by atoms with E-state index in [-0.39, 0.29) is 16.3 Å². The highest BCUT2D eigenvalue weighted by Gasteiger charge is 2.36. The van der Waals surface area contributed by atoms with Crippen LogP contribution in [-0.2, 0) is 20.9 Å². The molecule has 180 valence electrons. The summed E-state index contributed by atoms with van der Waals surface area (Å²) in [5.41, 5.74) is -2.22. The molecular formula is C20H14Cl2F3N3O5S. The highest BCUT2D eigenvalue weighted by atomic mass is 35.5. The molecule has 0 fully saturated rings. The number of methoxy groups -OCH3 is 1. The molecule has 0 aliphatic heterocycles. The molecule has 0 saturated carbocycles. The van der Waals surface area contributed by atoms with Crippen molar-refractivity contribution in [3.8, 4) is 5.88 Å². The number of aromatic hydroxyl groups is 1. The number of ether oxygens (including phenoxy) is 1. The van der Waals surface area contributed by atoms with Crippen molar-refractivity contribution in [2.45, 2.75) is 11.1 Å². The summed E-state index contributed by atoms with van der Waals surface area (Å²) in [6.07, 6.45) is -2.69. The van der Waals surface area contributed by atoms with Gasteiger partial charge in [-0.25, -0.2) is 22.7 Å². The number of nitrogens with zero attached hydrogens (tertiary/aromatic N) is 3. The number of sulfonamides is 1. The third kappa shape index (κ3) is 5.25. The minimum atomic E-state index is -4.92. The number of rotatable bonds is 7. The van der Waals surface area contributed by atoms with Crippen LogP contribution < -0.4 is 4.31 Å². The van der Waals surface area contributed by atoms with Crippen molar-refractivity contribution in [2.24, 2.45) is 0 Å². The summed E-state index contributed by atoms with van der Waals surface area (Å²) >= 11 is 11.6. The number of aromatic nitrogens is 2. The fraction of sp³-hybridized carbons (Fsp3) is 0.150. The van der Waals surface area contributed by atoms with Gasteiger partial charge in [0.2, 0.25) is 11.7 Å². The zero-order chi connectivity index (χ0) is 25.3. The van der Waals surface area contributed by atoms with Crippen LogP contribution in [0, 0.1) is 0 Å². The van der Waals surface area contributed by atoms with Gasteiger partial charge >= 0.3 is 6.18 Å². The Morgan fingerprint density at radius 2 is 1.85 bits per heavy atom. The molecule has 14 heteroatoms. The van der Waals surface area contributed by atoms with Crippen LogP contribution >= 0.6 is 23.2 Å². The summed E-state index contributed by atoms with van der Waals surface area (Å²) in [6, 6.07) is 5.44. The van der Waals surface area contributed by atoms with Gasteiger partial charge < -0.3 is 9.84 Å². The SMILES string of the molecule is COCN(c1cc(Cl)cnc1C(=O)c1ccnc(O)c1)S(=O)(=O)c1ccc(Cl)c(C(F)(F)F)c1. The lowest BCUT2D eigenvalue weighted by molar-refractivity contribution is -0.137. The summed E-state index contributed by atoms with van der Waals surface area (Å²) in [5.74, 6) is -1.28. The summed E-state index contributed by atoms with van der Waals surface area (Å²) in [4.78, 5) is 19.8. The second-order valence-corrected chi connectivity index (χ2v) is 9.37. The Kier molecular flexibility index (Phi) is 7.36. The molecule has 2 aromatic heterocycles. The summed E-state index contributed by atoms with van der Waals surface area (Å²) in [6.45, 7) is -0.698. The monoisotopic (exact) mass is 535 g/mol. The number of hydrogen-bond acceptors (Lipinski definition) is 7. The van der Waals surface area contributed by atoms with Crippen LogP contribution in [0.4, 0.5) is 18.9 Å². The number of pyridine rings is 2. The zero-order valence-corrected chi connectivity index (χ0v) is 19.4. The van der Waals surface area contributed by atoms with Gasteiger partial charge in [0.15, 0.2) is 0 Å². The number of carbonyl (C=O) groups excluding carboxylic acids is 1. The van der Waals surface area contributed by atoms with Gasteiger partial charge in [0.25, 0.3) is 10.0 Å². The number of benzene rings is 1. The maximum Gasteiger partial charge on any atom is 0.417 e. The molecular weight excluding hydrogens is 522 g/mol. The number of halogens is 5. The molecule has 0 amide bonds.